The highest BCUT2D eigenvalue weighted by molar-refractivity contribution is 5.97. The maximum Gasteiger partial charge on any atom is 0.419 e. The van der Waals surface area contributed by atoms with Gasteiger partial charge in [-0.1, -0.05) is 12.1 Å². The van der Waals surface area contributed by atoms with Crippen LogP contribution in [0.15, 0.2) is 55.1 Å². The number of fused-ring (bicyclic) bond motifs is 1. The number of nitrogens with zero attached hydrogens (tertiary/aromatic N) is 4. The number of nitrogens with one attached hydrogen (secondary N) is 2. The Hall–Kier alpha value is -3.46. The van der Waals surface area contributed by atoms with Gasteiger partial charge in [0.05, 0.1) is 5.69 Å². The number of piperidine rings is 1. The summed E-state index contributed by atoms with van der Waals surface area (Å²) in [6.45, 7) is 2.64. The number of alkyl halides is 3. The van der Waals surface area contributed by atoms with Gasteiger partial charge < -0.3 is 15.2 Å². The minimum Gasteiger partial charge on any atom is -0.360 e. The molecule has 0 bridgehead atoms. The van der Waals surface area contributed by atoms with Crippen molar-refractivity contribution in [1.29, 1.82) is 0 Å². The van der Waals surface area contributed by atoms with Crippen LogP contribution in [0, 0.1) is 5.92 Å². The van der Waals surface area contributed by atoms with E-state index >= 15 is 0 Å². The molecule has 1 atom stereocenters. The Morgan fingerprint density at radius 2 is 1.97 bits per heavy atom. The third-order valence-corrected chi connectivity index (χ3v) is 6.32. The molecule has 1 saturated heterocycles. The standard InChI is InChI=1S/C25H25F3N6/c1-34-10-2-3-16(15-34)12-31-24-32-14-21(25(26,27)28)23(33-24)20-13-30-22-11-18(4-5-19(20)22)17-6-8-29-9-7-17/h4-9,11,13-14,16,30H,2-3,10,12,15H2,1H3,(H,31,32,33)/t16-/m1/s1. The SMILES string of the molecule is CN1CCC[C@H](CNc2ncc(C(F)(F)F)c(-c3c[nH]c4cc(-c5ccncc5)ccc34)n2)C1. The molecular weight excluding hydrogens is 441 g/mol. The normalized spacial score (nSPS) is 17.2. The number of aromatic nitrogens is 4. The van der Waals surface area contributed by atoms with Crippen LogP contribution in [0.25, 0.3) is 33.3 Å². The number of hydrogen-bond donors (Lipinski definition) is 2. The number of H-pyrrole nitrogens is 1. The van der Waals surface area contributed by atoms with E-state index in [0.717, 1.165) is 48.8 Å². The van der Waals surface area contributed by atoms with Crippen LogP contribution >= 0.6 is 0 Å². The third kappa shape index (κ3) is 4.61. The van der Waals surface area contributed by atoms with Gasteiger partial charge in [0.1, 0.15) is 5.56 Å². The molecule has 1 aliphatic heterocycles. The van der Waals surface area contributed by atoms with Gasteiger partial charge in [-0.25, -0.2) is 9.97 Å². The average molecular weight is 467 g/mol. The van der Waals surface area contributed by atoms with Gasteiger partial charge in [0.2, 0.25) is 5.95 Å². The van der Waals surface area contributed by atoms with E-state index < -0.39 is 11.7 Å². The molecule has 0 unspecified atom stereocenters. The second-order valence-electron chi connectivity index (χ2n) is 8.80. The van der Waals surface area contributed by atoms with Gasteiger partial charge in [-0.05, 0) is 61.7 Å². The van der Waals surface area contributed by atoms with E-state index in [1.807, 2.05) is 30.3 Å². The molecule has 0 aliphatic carbocycles. The lowest BCUT2D eigenvalue weighted by Crippen LogP contribution is -2.35. The van der Waals surface area contributed by atoms with Crippen molar-refractivity contribution in [3.05, 3.63) is 60.7 Å². The maximum absolute atomic E-state index is 13.9. The number of aromatic amines is 1. The summed E-state index contributed by atoms with van der Waals surface area (Å²) in [7, 11) is 2.08. The van der Waals surface area contributed by atoms with Crippen LogP contribution in [-0.4, -0.2) is 51.5 Å². The number of anilines is 1. The van der Waals surface area contributed by atoms with Crippen molar-refractivity contribution >= 4 is 16.9 Å². The number of benzene rings is 1. The van der Waals surface area contributed by atoms with Crippen LogP contribution in [0.4, 0.5) is 19.1 Å². The molecule has 9 heteroatoms. The molecular formula is C25H25F3N6. The summed E-state index contributed by atoms with van der Waals surface area (Å²) in [5.41, 5.74) is 2.07. The molecule has 0 spiro atoms. The summed E-state index contributed by atoms with van der Waals surface area (Å²) in [6, 6.07) is 9.41. The number of pyridine rings is 1. The van der Waals surface area contributed by atoms with Crippen molar-refractivity contribution in [2.45, 2.75) is 19.0 Å². The first-order valence-electron chi connectivity index (χ1n) is 11.3. The molecule has 0 saturated carbocycles. The van der Waals surface area contributed by atoms with Crippen molar-refractivity contribution in [2.24, 2.45) is 5.92 Å². The minimum atomic E-state index is -4.57. The summed E-state index contributed by atoms with van der Waals surface area (Å²) in [6.07, 6.45) is 3.48. The number of rotatable bonds is 5. The second kappa shape index (κ2) is 9.06. The first kappa shape index (κ1) is 22.3. The van der Waals surface area contributed by atoms with Crippen molar-refractivity contribution in [3.63, 3.8) is 0 Å². The molecule has 1 fully saturated rings. The summed E-state index contributed by atoms with van der Waals surface area (Å²) < 4.78 is 41.6. The van der Waals surface area contributed by atoms with E-state index in [-0.39, 0.29) is 11.6 Å². The highest BCUT2D eigenvalue weighted by Crippen LogP contribution is 2.39. The van der Waals surface area contributed by atoms with Gasteiger partial charge >= 0.3 is 6.18 Å². The fourth-order valence-corrected chi connectivity index (χ4v) is 4.60. The topological polar surface area (TPSA) is 69.7 Å². The average Bonchev–Trinajstić information content (AvgIpc) is 3.26. The van der Waals surface area contributed by atoms with Crippen LogP contribution in [0.1, 0.15) is 18.4 Å². The molecule has 176 valence electrons. The van der Waals surface area contributed by atoms with Crippen molar-refractivity contribution in [3.8, 4) is 22.4 Å². The molecule has 1 aromatic carbocycles. The van der Waals surface area contributed by atoms with E-state index in [2.05, 4.69) is 37.2 Å². The molecule has 34 heavy (non-hydrogen) atoms. The van der Waals surface area contributed by atoms with E-state index in [0.29, 0.717) is 23.4 Å². The first-order chi connectivity index (χ1) is 16.4. The monoisotopic (exact) mass is 466 g/mol. The number of hydrogen-bond acceptors (Lipinski definition) is 5. The molecule has 1 aliphatic rings. The van der Waals surface area contributed by atoms with Gasteiger partial charge in [0.25, 0.3) is 0 Å². The summed E-state index contributed by atoms with van der Waals surface area (Å²) in [5, 5.41) is 3.83. The Morgan fingerprint density at radius 1 is 1.15 bits per heavy atom. The van der Waals surface area contributed by atoms with E-state index in [1.165, 1.54) is 0 Å². The van der Waals surface area contributed by atoms with Crippen molar-refractivity contribution < 1.29 is 13.2 Å². The molecule has 0 radical (unpaired) electrons. The smallest absolute Gasteiger partial charge is 0.360 e. The minimum absolute atomic E-state index is 0.131. The fourth-order valence-electron chi connectivity index (χ4n) is 4.60. The van der Waals surface area contributed by atoms with Gasteiger partial charge in [0, 0.05) is 54.3 Å². The van der Waals surface area contributed by atoms with Gasteiger partial charge in [0.15, 0.2) is 0 Å². The molecule has 3 aromatic heterocycles. The van der Waals surface area contributed by atoms with Gasteiger partial charge in [-0.15, -0.1) is 0 Å². The Morgan fingerprint density at radius 3 is 2.74 bits per heavy atom. The predicted molar refractivity (Wildman–Crippen MR) is 126 cm³/mol. The lowest BCUT2D eigenvalue weighted by molar-refractivity contribution is -0.137. The third-order valence-electron chi connectivity index (χ3n) is 6.32. The fraction of sp³-hybridized carbons (Fsp3) is 0.320. The zero-order valence-corrected chi connectivity index (χ0v) is 18.7. The van der Waals surface area contributed by atoms with E-state index in [9.17, 15) is 13.2 Å². The summed E-state index contributed by atoms with van der Waals surface area (Å²) >= 11 is 0. The Kier molecular flexibility index (Phi) is 5.95. The van der Waals surface area contributed by atoms with E-state index in [4.69, 9.17) is 0 Å². The summed E-state index contributed by atoms with van der Waals surface area (Å²) in [4.78, 5) is 17.7. The lowest BCUT2D eigenvalue weighted by Gasteiger charge is -2.29. The largest absolute Gasteiger partial charge is 0.419 e. The maximum atomic E-state index is 13.9. The van der Waals surface area contributed by atoms with Crippen molar-refractivity contribution in [2.75, 3.05) is 32.0 Å². The Labute approximate surface area is 195 Å². The number of likely N-dealkylation sites (tertiary alicyclic amines) is 1. The molecule has 4 heterocycles. The van der Waals surface area contributed by atoms with Crippen LogP contribution in [0.3, 0.4) is 0 Å². The highest BCUT2D eigenvalue weighted by Gasteiger charge is 2.36. The second-order valence-corrected chi connectivity index (χ2v) is 8.80. The first-order valence-corrected chi connectivity index (χ1v) is 11.3. The van der Waals surface area contributed by atoms with Gasteiger partial charge in [-0.2, -0.15) is 13.2 Å². The molecule has 0 amide bonds. The molecule has 6 nitrogen and oxygen atoms in total. The zero-order valence-electron chi connectivity index (χ0n) is 18.7. The predicted octanol–water partition coefficient (Wildman–Crippen LogP) is 5.46. The van der Waals surface area contributed by atoms with Crippen LogP contribution in [0.2, 0.25) is 0 Å². The van der Waals surface area contributed by atoms with Crippen LogP contribution in [0.5, 0.6) is 0 Å². The van der Waals surface area contributed by atoms with Crippen LogP contribution < -0.4 is 5.32 Å². The number of halogens is 3. The Bertz CT molecular complexity index is 1290. The van der Waals surface area contributed by atoms with E-state index in [1.54, 1.807) is 18.6 Å². The molecule has 4 aromatic rings. The molecule has 2 N–H and O–H groups in total. The van der Waals surface area contributed by atoms with Gasteiger partial charge in [-0.3, -0.25) is 4.98 Å². The van der Waals surface area contributed by atoms with Crippen LogP contribution in [-0.2, 0) is 6.18 Å². The van der Waals surface area contributed by atoms with Crippen molar-refractivity contribution in [1.82, 2.24) is 24.8 Å². The summed E-state index contributed by atoms with van der Waals surface area (Å²) in [5.74, 6) is 0.617. The highest BCUT2D eigenvalue weighted by atomic mass is 19.4. The lowest BCUT2D eigenvalue weighted by atomic mass is 9.98. The quantitative estimate of drug-likeness (QED) is 0.409. The molecule has 5 rings (SSSR count). The zero-order chi connectivity index (χ0) is 23.7. The Balaban J connectivity index is 1.49.